The van der Waals surface area contributed by atoms with Crippen molar-refractivity contribution >= 4 is 6.03 Å². The number of nitrogens with zero attached hydrogens (tertiary/aromatic N) is 1. The lowest BCUT2D eigenvalue weighted by atomic mass is 9.86. The van der Waals surface area contributed by atoms with Gasteiger partial charge < -0.3 is 15.7 Å². The van der Waals surface area contributed by atoms with Gasteiger partial charge in [0, 0.05) is 18.0 Å². The van der Waals surface area contributed by atoms with Crippen molar-refractivity contribution in [3.63, 3.8) is 0 Å². The molecule has 8 heteroatoms. The van der Waals surface area contributed by atoms with Crippen molar-refractivity contribution in [3.05, 3.63) is 0 Å². The summed E-state index contributed by atoms with van der Waals surface area (Å²) in [5.74, 6) is 0. The Morgan fingerprint density at radius 3 is 2.73 bits per heavy atom. The van der Waals surface area contributed by atoms with Crippen LogP contribution < -0.4 is 10.6 Å². The highest BCUT2D eigenvalue weighted by Gasteiger charge is 2.39. The van der Waals surface area contributed by atoms with Gasteiger partial charge in [0.1, 0.15) is 0 Å². The zero-order valence-electron chi connectivity index (χ0n) is 13.2. The average molecular weight is 325 g/mol. The van der Waals surface area contributed by atoms with E-state index in [-0.39, 0.29) is 30.6 Å². The van der Waals surface area contributed by atoms with Gasteiger partial charge in [0.05, 0.1) is 13.2 Å². The fraction of sp³-hybridized carbons (Fsp3) is 0.929. The van der Waals surface area contributed by atoms with Gasteiger partial charge in [0.25, 0.3) is 0 Å². The first-order valence-electron chi connectivity index (χ1n) is 7.57. The maximum Gasteiger partial charge on any atom is 0.401 e. The summed E-state index contributed by atoms with van der Waals surface area (Å²) in [6.07, 6.45) is -1.08. The Bertz CT molecular complexity index is 366. The Hall–Kier alpha value is -1.02. The first-order chi connectivity index (χ1) is 10.2. The van der Waals surface area contributed by atoms with Crippen molar-refractivity contribution in [1.82, 2.24) is 15.5 Å². The standard InChI is InChI=1S/C14H26F3N3O2/c1-13(10-21)6-3-5-11(13)19-12(22)18-7-4-8-20(2)9-14(15,16)17/h11,21H,3-10H2,1-2H3,(H2,18,19,22). The first-order valence-corrected chi connectivity index (χ1v) is 7.57. The summed E-state index contributed by atoms with van der Waals surface area (Å²) in [4.78, 5) is 13.0. The van der Waals surface area contributed by atoms with E-state index in [0.29, 0.717) is 13.0 Å². The lowest BCUT2D eigenvalue weighted by molar-refractivity contribution is -0.143. The van der Waals surface area contributed by atoms with E-state index in [4.69, 9.17) is 0 Å². The fourth-order valence-electron chi connectivity index (χ4n) is 2.81. The molecule has 2 unspecified atom stereocenters. The molecule has 1 saturated carbocycles. The van der Waals surface area contributed by atoms with E-state index in [2.05, 4.69) is 10.6 Å². The summed E-state index contributed by atoms with van der Waals surface area (Å²) in [5, 5.41) is 14.9. The molecule has 1 aliphatic rings. The molecule has 22 heavy (non-hydrogen) atoms. The number of halogens is 3. The zero-order valence-corrected chi connectivity index (χ0v) is 13.2. The minimum absolute atomic E-state index is 0.0280. The number of nitrogens with one attached hydrogen (secondary N) is 2. The van der Waals surface area contributed by atoms with Crippen LogP contribution in [-0.2, 0) is 0 Å². The second-order valence-corrected chi connectivity index (χ2v) is 6.36. The lowest BCUT2D eigenvalue weighted by Crippen LogP contribution is -2.49. The van der Waals surface area contributed by atoms with E-state index in [9.17, 15) is 23.1 Å². The predicted molar refractivity (Wildman–Crippen MR) is 77.5 cm³/mol. The molecule has 0 heterocycles. The summed E-state index contributed by atoms with van der Waals surface area (Å²) in [6.45, 7) is 1.60. The summed E-state index contributed by atoms with van der Waals surface area (Å²) in [5.41, 5.74) is -0.287. The van der Waals surface area contributed by atoms with Crippen LogP contribution >= 0.6 is 0 Å². The van der Waals surface area contributed by atoms with Gasteiger partial charge >= 0.3 is 12.2 Å². The van der Waals surface area contributed by atoms with Gasteiger partial charge in [-0.25, -0.2) is 4.79 Å². The van der Waals surface area contributed by atoms with Crippen molar-refractivity contribution in [2.75, 3.05) is 33.3 Å². The molecule has 0 saturated heterocycles. The second kappa shape index (κ2) is 8.01. The number of hydrogen-bond donors (Lipinski definition) is 3. The first kappa shape index (κ1) is 19.0. The molecule has 3 N–H and O–H groups in total. The third-order valence-electron chi connectivity index (χ3n) is 4.20. The number of amides is 2. The molecule has 1 fully saturated rings. The van der Waals surface area contributed by atoms with Crippen LogP contribution in [0, 0.1) is 5.41 Å². The van der Waals surface area contributed by atoms with Crippen molar-refractivity contribution in [1.29, 1.82) is 0 Å². The van der Waals surface area contributed by atoms with Crippen LogP contribution in [0.25, 0.3) is 0 Å². The van der Waals surface area contributed by atoms with Crippen molar-refractivity contribution in [2.45, 2.75) is 44.8 Å². The van der Waals surface area contributed by atoms with E-state index in [1.165, 1.54) is 11.9 Å². The number of aliphatic hydroxyl groups is 1. The normalized spacial score (nSPS) is 25.5. The fourth-order valence-corrected chi connectivity index (χ4v) is 2.81. The Morgan fingerprint density at radius 2 is 2.14 bits per heavy atom. The van der Waals surface area contributed by atoms with Crippen LogP contribution in [0.2, 0.25) is 0 Å². The molecule has 5 nitrogen and oxygen atoms in total. The van der Waals surface area contributed by atoms with Gasteiger partial charge in [-0.1, -0.05) is 13.3 Å². The maximum absolute atomic E-state index is 12.1. The Labute approximate surface area is 129 Å². The second-order valence-electron chi connectivity index (χ2n) is 6.36. The molecule has 0 bridgehead atoms. The molecule has 130 valence electrons. The van der Waals surface area contributed by atoms with Crippen LogP contribution in [0.5, 0.6) is 0 Å². The number of hydrogen-bond acceptors (Lipinski definition) is 3. The Balaban J connectivity index is 2.19. The molecule has 0 spiro atoms. The molecular formula is C14H26F3N3O2. The molecule has 0 aliphatic heterocycles. The molecule has 1 aliphatic carbocycles. The van der Waals surface area contributed by atoms with Crippen LogP contribution in [0.3, 0.4) is 0 Å². The van der Waals surface area contributed by atoms with Gasteiger partial charge in [-0.05, 0) is 32.9 Å². The van der Waals surface area contributed by atoms with E-state index >= 15 is 0 Å². The largest absolute Gasteiger partial charge is 0.401 e. The van der Waals surface area contributed by atoms with Crippen LogP contribution in [0.1, 0.15) is 32.6 Å². The Kier molecular flexibility index (Phi) is 6.93. The molecule has 2 atom stereocenters. The van der Waals surface area contributed by atoms with Crippen molar-refractivity contribution in [2.24, 2.45) is 5.41 Å². The maximum atomic E-state index is 12.1. The molecule has 2 amide bonds. The topological polar surface area (TPSA) is 64.6 Å². The van der Waals surface area contributed by atoms with Crippen LogP contribution in [0.4, 0.5) is 18.0 Å². The molecule has 0 radical (unpaired) electrons. The van der Waals surface area contributed by atoms with E-state index in [0.717, 1.165) is 19.3 Å². The van der Waals surface area contributed by atoms with Gasteiger partial charge in [-0.3, -0.25) is 4.90 Å². The number of rotatable bonds is 7. The highest BCUT2D eigenvalue weighted by molar-refractivity contribution is 5.74. The van der Waals surface area contributed by atoms with Crippen LogP contribution in [-0.4, -0.2) is 61.5 Å². The molecule has 0 aromatic carbocycles. The predicted octanol–water partition coefficient (Wildman–Crippen LogP) is 1.72. The van der Waals surface area contributed by atoms with E-state index in [1.54, 1.807) is 0 Å². The lowest BCUT2D eigenvalue weighted by Gasteiger charge is -2.30. The Morgan fingerprint density at radius 1 is 1.45 bits per heavy atom. The third kappa shape index (κ3) is 6.39. The summed E-state index contributed by atoms with van der Waals surface area (Å²) in [6, 6.07) is -0.393. The smallest absolute Gasteiger partial charge is 0.396 e. The highest BCUT2D eigenvalue weighted by Crippen LogP contribution is 2.37. The molecule has 0 aromatic heterocycles. The van der Waals surface area contributed by atoms with E-state index in [1.807, 2.05) is 6.92 Å². The molecule has 0 aromatic rings. The highest BCUT2D eigenvalue weighted by atomic mass is 19.4. The number of alkyl halides is 3. The number of carbonyl (C=O) groups is 1. The minimum atomic E-state index is -4.20. The van der Waals surface area contributed by atoms with Gasteiger partial charge in [0.2, 0.25) is 0 Å². The van der Waals surface area contributed by atoms with Crippen LogP contribution in [0.15, 0.2) is 0 Å². The van der Waals surface area contributed by atoms with Crippen molar-refractivity contribution < 1.29 is 23.1 Å². The molecular weight excluding hydrogens is 299 g/mol. The van der Waals surface area contributed by atoms with Gasteiger partial charge in [-0.2, -0.15) is 13.2 Å². The number of urea groups is 1. The number of carbonyl (C=O) groups excluding carboxylic acids is 1. The van der Waals surface area contributed by atoms with Crippen molar-refractivity contribution in [3.8, 4) is 0 Å². The quantitative estimate of drug-likeness (QED) is 0.625. The minimum Gasteiger partial charge on any atom is -0.396 e. The SMILES string of the molecule is CN(CCCNC(=O)NC1CCCC1(C)CO)CC(F)(F)F. The average Bonchev–Trinajstić information content (AvgIpc) is 2.75. The zero-order chi connectivity index (χ0) is 16.8. The van der Waals surface area contributed by atoms with Gasteiger partial charge in [0.15, 0.2) is 0 Å². The molecule has 1 rings (SSSR count). The third-order valence-corrected chi connectivity index (χ3v) is 4.20. The van der Waals surface area contributed by atoms with Gasteiger partial charge in [-0.15, -0.1) is 0 Å². The summed E-state index contributed by atoms with van der Waals surface area (Å²) < 4.78 is 36.4. The number of aliphatic hydroxyl groups excluding tert-OH is 1. The summed E-state index contributed by atoms with van der Waals surface area (Å²) >= 11 is 0. The monoisotopic (exact) mass is 325 g/mol. The van der Waals surface area contributed by atoms with E-state index < -0.39 is 12.7 Å². The summed E-state index contributed by atoms with van der Waals surface area (Å²) in [7, 11) is 1.40.